The van der Waals surface area contributed by atoms with Crippen LogP contribution >= 0.6 is 0 Å². The molecule has 0 saturated carbocycles. The van der Waals surface area contributed by atoms with Gasteiger partial charge in [0, 0.05) is 18.1 Å². The number of pyridine rings is 1. The minimum Gasteiger partial charge on any atom is -1.00 e. The molecule has 1 aromatic heterocycles. The van der Waals surface area contributed by atoms with Gasteiger partial charge in [0.15, 0.2) is 18.9 Å². The summed E-state index contributed by atoms with van der Waals surface area (Å²) >= 11 is 0. The van der Waals surface area contributed by atoms with Crippen LogP contribution in [0.1, 0.15) is 6.92 Å². The van der Waals surface area contributed by atoms with Crippen LogP contribution in [0.15, 0.2) is 36.7 Å². The molecule has 0 amide bonds. The van der Waals surface area contributed by atoms with Crippen LogP contribution in [-0.4, -0.2) is 20.3 Å². The van der Waals surface area contributed by atoms with Crippen molar-refractivity contribution in [1.29, 1.82) is 0 Å². The first-order chi connectivity index (χ1) is 8.33. The second-order valence-electron chi connectivity index (χ2n) is 3.87. The van der Waals surface area contributed by atoms with E-state index in [2.05, 4.69) is 29.1 Å². The molecule has 18 heavy (non-hydrogen) atoms. The number of aromatic nitrogens is 1. The lowest BCUT2D eigenvalue weighted by Gasteiger charge is -2.02. The lowest BCUT2D eigenvalue weighted by atomic mass is 10.2. The largest absolute Gasteiger partial charge is 1.00 e. The standard InChI is InChI=1S/C14H18NO2.ClH/c1-3-17-9-8-15-7-6-12-10-14(16-2)5-4-13(12)11-15;/h4-7,10-11H,3,8-9H2,1-2H3;1H/q+1;/p-1. The van der Waals surface area contributed by atoms with Crippen molar-refractivity contribution >= 4 is 10.8 Å². The SMILES string of the molecule is CCOCC[n+]1ccc2cc(OC)ccc2c1.[Cl-]. The van der Waals surface area contributed by atoms with E-state index in [1.165, 1.54) is 10.8 Å². The van der Waals surface area contributed by atoms with Crippen LogP contribution in [0, 0.1) is 0 Å². The van der Waals surface area contributed by atoms with Crippen LogP contribution < -0.4 is 21.7 Å². The minimum atomic E-state index is 0. The van der Waals surface area contributed by atoms with Gasteiger partial charge in [-0.1, -0.05) is 0 Å². The van der Waals surface area contributed by atoms with Crippen molar-refractivity contribution in [2.45, 2.75) is 13.5 Å². The third kappa shape index (κ3) is 3.59. The molecular formula is C14H18ClNO2. The molecule has 4 heteroatoms. The van der Waals surface area contributed by atoms with Gasteiger partial charge in [0.2, 0.25) is 0 Å². The third-order valence-corrected chi connectivity index (χ3v) is 2.74. The van der Waals surface area contributed by atoms with Crippen molar-refractivity contribution in [3.63, 3.8) is 0 Å². The Labute approximate surface area is 114 Å². The number of fused-ring (bicyclic) bond motifs is 1. The summed E-state index contributed by atoms with van der Waals surface area (Å²) in [7, 11) is 1.69. The molecule has 0 N–H and O–H groups in total. The van der Waals surface area contributed by atoms with Gasteiger partial charge in [-0.05, 0) is 30.5 Å². The molecule has 0 saturated heterocycles. The van der Waals surface area contributed by atoms with Crippen molar-refractivity contribution in [3.05, 3.63) is 36.7 Å². The average molecular weight is 268 g/mol. The van der Waals surface area contributed by atoms with E-state index in [1.54, 1.807) is 7.11 Å². The molecule has 98 valence electrons. The molecule has 0 aliphatic rings. The fraction of sp³-hybridized carbons (Fsp3) is 0.357. The normalized spacial score (nSPS) is 10.1. The van der Waals surface area contributed by atoms with Gasteiger partial charge in [0.1, 0.15) is 12.4 Å². The second kappa shape index (κ2) is 7.19. The van der Waals surface area contributed by atoms with E-state index in [0.29, 0.717) is 0 Å². The number of hydrogen-bond donors (Lipinski definition) is 0. The number of rotatable bonds is 5. The second-order valence-corrected chi connectivity index (χ2v) is 3.87. The molecule has 0 unspecified atom stereocenters. The molecule has 2 rings (SSSR count). The zero-order valence-electron chi connectivity index (χ0n) is 10.7. The number of ether oxygens (including phenoxy) is 2. The van der Waals surface area contributed by atoms with Gasteiger partial charge in [0.05, 0.1) is 7.11 Å². The highest BCUT2D eigenvalue weighted by Gasteiger charge is 2.03. The monoisotopic (exact) mass is 267 g/mol. The molecule has 0 fully saturated rings. The maximum Gasteiger partial charge on any atom is 0.176 e. The fourth-order valence-corrected chi connectivity index (χ4v) is 1.79. The zero-order chi connectivity index (χ0) is 12.1. The summed E-state index contributed by atoms with van der Waals surface area (Å²) in [4.78, 5) is 0. The number of benzene rings is 1. The van der Waals surface area contributed by atoms with Gasteiger partial charge in [-0.3, -0.25) is 0 Å². The maximum absolute atomic E-state index is 5.35. The van der Waals surface area contributed by atoms with Crippen molar-refractivity contribution in [2.24, 2.45) is 0 Å². The molecule has 0 spiro atoms. The number of hydrogen-bond acceptors (Lipinski definition) is 2. The third-order valence-electron chi connectivity index (χ3n) is 2.74. The molecular weight excluding hydrogens is 250 g/mol. The summed E-state index contributed by atoms with van der Waals surface area (Å²) in [6, 6.07) is 8.20. The van der Waals surface area contributed by atoms with Gasteiger partial charge in [-0.2, -0.15) is 0 Å². The van der Waals surface area contributed by atoms with Crippen LogP contribution in [0.2, 0.25) is 0 Å². The van der Waals surface area contributed by atoms with Gasteiger partial charge in [-0.15, -0.1) is 0 Å². The topological polar surface area (TPSA) is 22.3 Å². The molecule has 0 bridgehead atoms. The van der Waals surface area contributed by atoms with Crippen molar-refractivity contribution in [2.75, 3.05) is 20.3 Å². The lowest BCUT2D eigenvalue weighted by Crippen LogP contribution is -3.00. The highest BCUT2D eigenvalue weighted by molar-refractivity contribution is 5.82. The van der Waals surface area contributed by atoms with E-state index in [4.69, 9.17) is 9.47 Å². The number of methoxy groups -OCH3 is 1. The van der Waals surface area contributed by atoms with Gasteiger partial charge >= 0.3 is 0 Å². The average Bonchev–Trinajstić information content (AvgIpc) is 2.38. The molecule has 0 aliphatic heterocycles. The minimum absolute atomic E-state index is 0. The van der Waals surface area contributed by atoms with Gasteiger partial charge in [0.25, 0.3) is 0 Å². The van der Waals surface area contributed by atoms with Crippen LogP contribution in [0.3, 0.4) is 0 Å². The first-order valence-electron chi connectivity index (χ1n) is 5.88. The van der Waals surface area contributed by atoms with E-state index in [0.717, 1.165) is 25.5 Å². The summed E-state index contributed by atoms with van der Waals surface area (Å²) in [5, 5.41) is 2.40. The van der Waals surface area contributed by atoms with Gasteiger partial charge < -0.3 is 21.9 Å². The summed E-state index contributed by atoms with van der Waals surface area (Å²) < 4.78 is 12.7. The highest BCUT2D eigenvalue weighted by atomic mass is 35.5. The Morgan fingerprint density at radius 2 is 2.00 bits per heavy atom. The van der Waals surface area contributed by atoms with Crippen LogP contribution in [0.4, 0.5) is 0 Å². The summed E-state index contributed by atoms with van der Waals surface area (Å²) in [5.74, 6) is 0.893. The molecule has 3 nitrogen and oxygen atoms in total. The molecule has 2 aromatic rings. The predicted molar refractivity (Wildman–Crippen MR) is 67.2 cm³/mol. The van der Waals surface area contributed by atoms with Crippen molar-refractivity contribution in [3.8, 4) is 5.75 Å². The Morgan fingerprint density at radius 1 is 1.17 bits per heavy atom. The number of halogens is 1. The summed E-state index contributed by atoms with van der Waals surface area (Å²) in [6.07, 6.45) is 4.20. The lowest BCUT2D eigenvalue weighted by molar-refractivity contribution is -0.697. The molecule has 0 aliphatic carbocycles. The fourth-order valence-electron chi connectivity index (χ4n) is 1.79. The maximum atomic E-state index is 5.35. The van der Waals surface area contributed by atoms with E-state index >= 15 is 0 Å². The van der Waals surface area contributed by atoms with E-state index in [9.17, 15) is 0 Å². The first kappa shape index (κ1) is 14.7. The molecule has 0 atom stereocenters. The van der Waals surface area contributed by atoms with E-state index in [-0.39, 0.29) is 12.4 Å². The van der Waals surface area contributed by atoms with E-state index < -0.39 is 0 Å². The Kier molecular flexibility index (Phi) is 5.89. The van der Waals surface area contributed by atoms with Crippen molar-refractivity contribution < 1.29 is 26.4 Å². The van der Waals surface area contributed by atoms with Crippen LogP contribution in [-0.2, 0) is 11.3 Å². The summed E-state index contributed by atoms with van der Waals surface area (Å²) in [5.41, 5.74) is 0. The Bertz CT molecular complexity index is 502. The molecule has 0 radical (unpaired) electrons. The molecule has 1 aromatic carbocycles. The Hall–Kier alpha value is -1.32. The zero-order valence-corrected chi connectivity index (χ0v) is 11.5. The van der Waals surface area contributed by atoms with Crippen molar-refractivity contribution in [1.82, 2.24) is 0 Å². The van der Waals surface area contributed by atoms with E-state index in [1.807, 2.05) is 19.1 Å². The van der Waals surface area contributed by atoms with Gasteiger partial charge in [-0.25, -0.2) is 4.57 Å². The number of nitrogens with zero attached hydrogens (tertiary/aromatic N) is 1. The quantitative estimate of drug-likeness (QED) is 0.522. The molecule has 1 heterocycles. The van der Waals surface area contributed by atoms with Crippen LogP contribution in [0.5, 0.6) is 5.75 Å². The smallest absolute Gasteiger partial charge is 0.176 e. The highest BCUT2D eigenvalue weighted by Crippen LogP contribution is 2.18. The Morgan fingerprint density at radius 3 is 2.72 bits per heavy atom. The first-order valence-corrected chi connectivity index (χ1v) is 5.88. The predicted octanol–water partition coefficient (Wildman–Crippen LogP) is -0.824. The Balaban J connectivity index is 0.00000162. The summed E-state index contributed by atoms with van der Waals surface area (Å²) in [6.45, 7) is 4.42. The van der Waals surface area contributed by atoms with Crippen LogP contribution in [0.25, 0.3) is 10.8 Å².